The monoisotopic (exact) mass is 278 g/mol. The van der Waals surface area contributed by atoms with Gasteiger partial charge in [-0.15, -0.1) is 0 Å². The third-order valence-corrected chi connectivity index (χ3v) is 4.14. The molecular formula is C15H19ClN2O. The lowest BCUT2D eigenvalue weighted by Gasteiger charge is -2.18. The van der Waals surface area contributed by atoms with Gasteiger partial charge in [-0.25, -0.2) is 0 Å². The third kappa shape index (κ3) is 3.63. The summed E-state index contributed by atoms with van der Waals surface area (Å²) < 4.78 is 0. The van der Waals surface area contributed by atoms with Crippen LogP contribution in [0.5, 0.6) is 0 Å². The second-order valence-electron chi connectivity index (χ2n) is 5.63. The van der Waals surface area contributed by atoms with E-state index in [0.29, 0.717) is 17.6 Å². The topological polar surface area (TPSA) is 41.1 Å². The maximum Gasteiger partial charge on any atom is 0.239 e. The molecule has 3 nitrogen and oxygen atoms in total. The number of nitrogens with one attached hydrogen (secondary N) is 2. The van der Waals surface area contributed by atoms with E-state index in [4.69, 9.17) is 11.6 Å². The van der Waals surface area contributed by atoms with Gasteiger partial charge >= 0.3 is 0 Å². The first-order chi connectivity index (χ1) is 9.22. The Bertz CT molecular complexity index is 440. The van der Waals surface area contributed by atoms with Crippen molar-refractivity contribution in [3.63, 3.8) is 0 Å². The predicted molar refractivity (Wildman–Crippen MR) is 77.3 cm³/mol. The van der Waals surface area contributed by atoms with Gasteiger partial charge in [0.15, 0.2) is 0 Å². The van der Waals surface area contributed by atoms with Gasteiger partial charge in [-0.05, 0) is 61.8 Å². The fourth-order valence-corrected chi connectivity index (χ4v) is 2.64. The van der Waals surface area contributed by atoms with Crippen molar-refractivity contribution in [2.75, 3.05) is 11.9 Å². The zero-order valence-electron chi connectivity index (χ0n) is 10.9. The van der Waals surface area contributed by atoms with Gasteiger partial charge in [-0.2, -0.15) is 0 Å². The summed E-state index contributed by atoms with van der Waals surface area (Å²) >= 11 is 5.82. The normalized spacial score (nSPS) is 18.4. The standard InChI is InChI=1S/C15H19ClN2O/c16-12-5-7-13(8-6-12)17-9-14(19)18-15(10-1-2-10)11-3-4-11/h5-8,10-11,15,17H,1-4,9H2,(H,18,19). The Morgan fingerprint density at radius 3 is 2.26 bits per heavy atom. The first kappa shape index (κ1) is 12.8. The Kier molecular flexibility index (Phi) is 3.65. The lowest BCUT2D eigenvalue weighted by molar-refractivity contribution is -0.120. The van der Waals surface area contributed by atoms with Crippen molar-refractivity contribution >= 4 is 23.2 Å². The molecular weight excluding hydrogens is 260 g/mol. The number of halogens is 1. The third-order valence-electron chi connectivity index (χ3n) is 3.88. The van der Waals surface area contributed by atoms with Crippen LogP contribution in [0.3, 0.4) is 0 Å². The van der Waals surface area contributed by atoms with Crippen molar-refractivity contribution in [1.29, 1.82) is 0 Å². The zero-order chi connectivity index (χ0) is 13.2. The van der Waals surface area contributed by atoms with Gasteiger partial charge in [0, 0.05) is 16.8 Å². The molecule has 2 fully saturated rings. The summed E-state index contributed by atoms with van der Waals surface area (Å²) in [6.07, 6.45) is 5.14. The fraction of sp³-hybridized carbons (Fsp3) is 0.533. The first-order valence-electron chi connectivity index (χ1n) is 7.01. The Morgan fingerprint density at radius 1 is 1.16 bits per heavy atom. The highest BCUT2D eigenvalue weighted by Crippen LogP contribution is 2.44. The lowest BCUT2D eigenvalue weighted by Crippen LogP contribution is -2.41. The highest BCUT2D eigenvalue weighted by atomic mass is 35.5. The van der Waals surface area contributed by atoms with Gasteiger partial charge < -0.3 is 10.6 Å². The van der Waals surface area contributed by atoms with Gasteiger partial charge in [-0.3, -0.25) is 4.79 Å². The molecule has 0 heterocycles. The second-order valence-corrected chi connectivity index (χ2v) is 6.07. The van der Waals surface area contributed by atoms with E-state index in [9.17, 15) is 4.79 Å². The van der Waals surface area contributed by atoms with E-state index in [1.54, 1.807) is 0 Å². The van der Waals surface area contributed by atoms with E-state index in [0.717, 1.165) is 17.5 Å². The van der Waals surface area contributed by atoms with Crippen molar-refractivity contribution in [2.45, 2.75) is 31.7 Å². The molecule has 1 aromatic carbocycles. The summed E-state index contributed by atoms with van der Waals surface area (Å²) in [5.41, 5.74) is 0.925. The summed E-state index contributed by atoms with van der Waals surface area (Å²) in [4.78, 5) is 12.0. The smallest absolute Gasteiger partial charge is 0.239 e. The molecule has 2 aliphatic carbocycles. The minimum absolute atomic E-state index is 0.0961. The second kappa shape index (κ2) is 5.41. The molecule has 0 saturated heterocycles. The van der Waals surface area contributed by atoms with Crippen LogP contribution in [-0.2, 0) is 4.79 Å². The van der Waals surface area contributed by atoms with Crippen molar-refractivity contribution in [2.24, 2.45) is 11.8 Å². The van der Waals surface area contributed by atoms with Crippen LogP contribution in [0.2, 0.25) is 5.02 Å². The molecule has 2 aliphatic rings. The number of carbonyl (C=O) groups is 1. The molecule has 0 aliphatic heterocycles. The van der Waals surface area contributed by atoms with Crippen LogP contribution in [0.4, 0.5) is 5.69 Å². The number of hydrogen-bond acceptors (Lipinski definition) is 2. The maximum atomic E-state index is 12.0. The first-order valence-corrected chi connectivity index (χ1v) is 7.39. The molecule has 0 atom stereocenters. The van der Waals surface area contributed by atoms with E-state index in [1.807, 2.05) is 24.3 Å². The molecule has 0 aromatic heterocycles. The maximum absolute atomic E-state index is 12.0. The van der Waals surface area contributed by atoms with Crippen LogP contribution in [0.25, 0.3) is 0 Å². The van der Waals surface area contributed by atoms with Crippen LogP contribution in [-0.4, -0.2) is 18.5 Å². The van der Waals surface area contributed by atoms with E-state index < -0.39 is 0 Å². The lowest BCUT2D eigenvalue weighted by atomic mass is 10.1. The minimum Gasteiger partial charge on any atom is -0.376 e. The summed E-state index contributed by atoms with van der Waals surface area (Å²) in [6.45, 7) is 0.331. The van der Waals surface area contributed by atoms with Crippen LogP contribution in [0.1, 0.15) is 25.7 Å². The predicted octanol–water partition coefficient (Wildman–Crippen LogP) is 3.06. The van der Waals surface area contributed by atoms with Gasteiger partial charge in [-0.1, -0.05) is 11.6 Å². The Hall–Kier alpha value is -1.22. The average Bonchev–Trinajstić information content (AvgIpc) is 3.29. The van der Waals surface area contributed by atoms with Gasteiger partial charge in [0.2, 0.25) is 5.91 Å². The number of amides is 1. The van der Waals surface area contributed by atoms with Gasteiger partial charge in [0.1, 0.15) is 0 Å². The highest BCUT2D eigenvalue weighted by molar-refractivity contribution is 6.30. The summed E-state index contributed by atoms with van der Waals surface area (Å²) in [5.74, 6) is 1.58. The van der Waals surface area contributed by atoms with E-state index in [1.165, 1.54) is 25.7 Å². The molecule has 2 saturated carbocycles. The van der Waals surface area contributed by atoms with Crippen LogP contribution in [0.15, 0.2) is 24.3 Å². The van der Waals surface area contributed by atoms with Crippen LogP contribution < -0.4 is 10.6 Å². The molecule has 1 aromatic rings. The minimum atomic E-state index is 0.0961. The molecule has 3 rings (SSSR count). The quantitative estimate of drug-likeness (QED) is 0.840. The molecule has 1 amide bonds. The van der Waals surface area contributed by atoms with Gasteiger partial charge in [0.05, 0.1) is 6.54 Å². The number of anilines is 1. The Morgan fingerprint density at radius 2 is 1.74 bits per heavy atom. The number of rotatable bonds is 6. The Labute approximate surface area is 118 Å². The number of carbonyl (C=O) groups excluding carboxylic acids is 1. The van der Waals surface area contributed by atoms with Crippen molar-refractivity contribution in [3.05, 3.63) is 29.3 Å². The van der Waals surface area contributed by atoms with E-state index in [2.05, 4.69) is 10.6 Å². The number of benzene rings is 1. The summed E-state index contributed by atoms with van der Waals surface area (Å²) in [5, 5.41) is 7.03. The summed E-state index contributed by atoms with van der Waals surface area (Å²) in [7, 11) is 0. The van der Waals surface area contributed by atoms with E-state index in [-0.39, 0.29) is 5.91 Å². The summed E-state index contributed by atoms with van der Waals surface area (Å²) in [6, 6.07) is 7.83. The molecule has 102 valence electrons. The van der Waals surface area contributed by atoms with Crippen molar-refractivity contribution in [3.8, 4) is 0 Å². The fourth-order valence-electron chi connectivity index (χ4n) is 2.52. The van der Waals surface area contributed by atoms with Crippen molar-refractivity contribution < 1.29 is 4.79 Å². The van der Waals surface area contributed by atoms with Crippen LogP contribution in [0, 0.1) is 11.8 Å². The zero-order valence-corrected chi connectivity index (χ0v) is 11.6. The largest absolute Gasteiger partial charge is 0.376 e. The molecule has 2 N–H and O–H groups in total. The molecule has 0 unspecified atom stereocenters. The molecule has 0 bridgehead atoms. The molecule has 19 heavy (non-hydrogen) atoms. The molecule has 0 spiro atoms. The van der Waals surface area contributed by atoms with Crippen LogP contribution >= 0.6 is 11.6 Å². The van der Waals surface area contributed by atoms with Gasteiger partial charge in [0.25, 0.3) is 0 Å². The number of hydrogen-bond donors (Lipinski definition) is 2. The Balaban J connectivity index is 1.46. The molecule has 0 radical (unpaired) electrons. The van der Waals surface area contributed by atoms with Crippen molar-refractivity contribution in [1.82, 2.24) is 5.32 Å². The average molecular weight is 279 g/mol. The van der Waals surface area contributed by atoms with E-state index >= 15 is 0 Å². The SMILES string of the molecule is O=C(CNc1ccc(Cl)cc1)NC(C1CC1)C1CC1. The highest BCUT2D eigenvalue weighted by Gasteiger charge is 2.42. The molecule has 4 heteroatoms.